The van der Waals surface area contributed by atoms with Crippen LogP contribution < -0.4 is 28.5 Å². The molecule has 15 heteroatoms. The minimum Gasteiger partial charge on any atom is -0.514 e. The van der Waals surface area contributed by atoms with Gasteiger partial charge < -0.3 is 20.1 Å². The van der Waals surface area contributed by atoms with Crippen molar-refractivity contribution in [2.45, 2.75) is 75.8 Å². The van der Waals surface area contributed by atoms with Gasteiger partial charge in [0, 0.05) is 6.04 Å². The zero-order chi connectivity index (χ0) is 29.4. The molecule has 0 saturated heterocycles. The number of ether oxygens (including phenoxy) is 1. The summed E-state index contributed by atoms with van der Waals surface area (Å²) in [4.78, 5) is 28.1. The van der Waals surface area contributed by atoms with Gasteiger partial charge in [0.05, 0.1) is 29.5 Å². The molecular weight excluding hydrogens is 579 g/mol. The molecular formula is C27H33LiN4O8S2. The quantitative estimate of drug-likeness (QED) is 0.360. The van der Waals surface area contributed by atoms with E-state index in [-0.39, 0.29) is 76.1 Å². The third kappa shape index (κ3) is 5.04. The molecule has 222 valence electrons. The zero-order valence-corrected chi connectivity index (χ0v) is 25.7. The van der Waals surface area contributed by atoms with E-state index < -0.39 is 38.2 Å². The molecule has 0 aromatic heterocycles. The number of benzene rings is 1. The number of fused-ring (bicyclic) bond motifs is 6. The average Bonchev–Trinajstić information content (AvgIpc) is 3.62. The smallest absolute Gasteiger partial charge is 0.514 e. The molecule has 0 unspecified atom stereocenters. The van der Waals surface area contributed by atoms with Crippen molar-refractivity contribution in [2.75, 3.05) is 15.9 Å². The maximum Gasteiger partial charge on any atom is 1.00 e. The first kappa shape index (κ1) is 30.9. The molecule has 5 aliphatic rings. The number of anilines is 2. The molecule has 3 fully saturated rings. The number of aliphatic hydroxyl groups is 1. The van der Waals surface area contributed by atoms with Gasteiger partial charge in [-0.3, -0.25) is 4.79 Å². The first-order chi connectivity index (χ1) is 19.3. The maximum absolute atomic E-state index is 14.0. The number of amidine groups is 1. The second-order valence-electron chi connectivity index (χ2n) is 11.7. The van der Waals surface area contributed by atoms with Crippen LogP contribution in [0.5, 0.6) is 0 Å². The summed E-state index contributed by atoms with van der Waals surface area (Å²) in [5.74, 6) is -0.778. The van der Waals surface area contributed by atoms with Gasteiger partial charge in [-0.2, -0.15) is 12.7 Å². The first-order valence-corrected chi connectivity index (χ1v) is 17.2. The fourth-order valence-corrected chi connectivity index (χ4v) is 9.07. The van der Waals surface area contributed by atoms with E-state index in [1.807, 2.05) is 4.90 Å². The molecule has 2 amide bonds. The zero-order valence-electron chi connectivity index (χ0n) is 24.0. The van der Waals surface area contributed by atoms with Gasteiger partial charge in [0.2, 0.25) is 15.9 Å². The molecule has 2 bridgehead atoms. The second kappa shape index (κ2) is 10.9. The Morgan fingerprint density at radius 2 is 1.90 bits per heavy atom. The van der Waals surface area contributed by atoms with Crippen molar-refractivity contribution in [3.63, 3.8) is 0 Å². The third-order valence-corrected chi connectivity index (χ3v) is 11.0. The summed E-state index contributed by atoms with van der Waals surface area (Å²) in [6, 6.07) is 4.55. The summed E-state index contributed by atoms with van der Waals surface area (Å²) in [5.41, 5.74) is -0.354. The van der Waals surface area contributed by atoms with Gasteiger partial charge in [0.1, 0.15) is 10.5 Å². The number of nitrogens with one attached hydrogen (secondary N) is 1. The van der Waals surface area contributed by atoms with Crippen LogP contribution in [0.25, 0.3) is 0 Å². The number of sulfonamides is 2. The summed E-state index contributed by atoms with van der Waals surface area (Å²) in [6.45, 7) is 3.11. The fourth-order valence-electron chi connectivity index (χ4n) is 7.12. The van der Waals surface area contributed by atoms with E-state index in [9.17, 15) is 31.5 Å². The summed E-state index contributed by atoms with van der Waals surface area (Å²) in [5, 5.41) is 14.4. The molecule has 0 radical (unpaired) electrons. The molecule has 3 saturated carbocycles. The number of hydrogen-bond acceptors (Lipinski definition) is 9. The molecule has 3 atom stereocenters. The summed E-state index contributed by atoms with van der Waals surface area (Å²) < 4.78 is 61.2. The van der Waals surface area contributed by atoms with Crippen molar-refractivity contribution in [3.05, 3.63) is 35.6 Å². The molecule has 3 aliphatic carbocycles. The SMILES string of the molecule is CC(C)OC(=O)N(c1ccc2c(c1)S(=O)(=O)N=C(C1=C(O)[C@H]3[C-]([C@@H]4CC[C@H]3C4)N(C3CCCC3)C1=O)N2)S(C)(=O)=O.[Li+]. The Labute approximate surface area is 257 Å². The second-order valence-corrected chi connectivity index (χ2v) is 15.1. The van der Waals surface area contributed by atoms with Gasteiger partial charge in [0.25, 0.3) is 10.0 Å². The topological polar surface area (TPSA) is 163 Å². The number of nitrogens with zero attached hydrogens (tertiary/aromatic N) is 3. The summed E-state index contributed by atoms with van der Waals surface area (Å²) in [7, 11) is -8.66. The molecule has 2 N–H and O–H groups in total. The molecule has 6 rings (SSSR count). The Kier molecular flexibility index (Phi) is 8.00. The summed E-state index contributed by atoms with van der Waals surface area (Å²) >= 11 is 0. The van der Waals surface area contributed by atoms with Crippen LogP contribution >= 0.6 is 0 Å². The van der Waals surface area contributed by atoms with Gasteiger partial charge in [0.15, 0.2) is 5.84 Å². The minimum atomic E-state index is -4.48. The molecule has 1 aromatic carbocycles. The van der Waals surface area contributed by atoms with E-state index in [1.54, 1.807) is 13.8 Å². The molecule has 0 spiro atoms. The van der Waals surface area contributed by atoms with E-state index in [0.717, 1.165) is 63.3 Å². The van der Waals surface area contributed by atoms with Crippen LogP contribution in [-0.2, 0) is 29.6 Å². The Balaban J connectivity index is 0.00000353. The van der Waals surface area contributed by atoms with E-state index >= 15 is 0 Å². The Hall–Kier alpha value is -2.53. The average molecular weight is 613 g/mol. The van der Waals surface area contributed by atoms with Gasteiger partial charge >= 0.3 is 25.0 Å². The number of carbonyl (C=O) groups is 2. The van der Waals surface area contributed by atoms with Crippen molar-refractivity contribution < 1.29 is 55.1 Å². The molecule has 2 heterocycles. The number of amides is 2. The van der Waals surface area contributed by atoms with Crippen LogP contribution in [0.4, 0.5) is 16.2 Å². The van der Waals surface area contributed by atoms with Crippen molar-refractivity contribution >= 4 is 49.3 Å². The Morgan fingerprint density at radius 1 is 1.21 bits per heavy atom. The normalized spacial score (nSPS) is 26.9. The predicted molar refractivity (Wildman–Crippen MR) is 150 cm³/mol. The van der Waals surface area contributed by atoms with Gasteiger partial charge in [-0.15, -0.1) is 10.3 Å². The van der Waals surface area contributed by atoms with E-state index in [0.29, 0.717) is 4.31 Å². The van der Waals surface area contributed by atoms with Crippen molar-refractivity contribution in [1.82, 2.24) is 4.90 Å². The number of hydrogen-bond donors (Lipinski definition) is 2. The standard InChI is InChI=1S/C27H33N4O8S2.Li/c1-14(2)39-27(34)31(40(3,35)36)18-10-11-19-20(13-18)41(37,38)29-25(28-19)22-24(32)21-15-8-9-16(12-15)23(21)30(26(22)33)17-6-4-5-7-17;/h10-11,13-17,21,32H,4-9,12H2,1-3H3,(H,28,29);/q-1;+1/t15-,16+,21+;/m0./s1. The van der Waals surface area contributed by atoms with Crippen LogP contribution in [0, 0.1) is 23.8 Å². The van der Waals surface area contributed by atoms with Gasteiger partial charge in [-0.25, -0.2) is 19.3 Å². The Morgan fingerprint density at radius 3 is 2.55 bits per heavy atom. The van der Waals surface area contributed by atoms with Crippen molar-refractivity contribution in [3.8, 4) is 0 Å². The van der Waals surface area contributed by atoms with Crippen LogP contribution in [-0.4, -0.2) is 63.1 Å². The van der Waals surface area contributed by atoms with Crippen molar-refractivity contribution in [2.24, 2.45) is 22.2 Å². The number of rotatable bonds is 5. The fraction of sp³-hybridized carbons (Fsp3) is 0.556. The molecule has 1 aromatic rings. The van der Waals surface area contributed by atoms with Crippen LogP contribution in [0.1, 0.15) is 58.8 Å². The Bertz CT molecular complexity index is 1600. The predicted octanol–water partition coefficient (Wildman–Crippen LogP) is 0.689. The van der Waals surface area contributed by atoms with Crippen molar-refractivity contribution in [1.29, 1.82) is 0 Å². The van der Waals surface area contributed by atoms with E-state index in [4.69, 9.17) is 4.74 Å². The van der Waals surface area contributed by atoms with E-state index in [2.05, 4.69) is 9.71 Å². The monoisotopic (exact) mass is 612 g/mol. The van der Waals surface area contributed by atoms with Crippen LogP contribution in [0.15, 0.2) is 38.8 Å². The third-order valence-electron chi connectivity index (χ3n) is 8.65. The summed E-state index contributed by atoms with van der Waals surface area (Å²) in [6.07, 6.45) is 5.53. The van der Waals surface area contributed by atoms with Crippen LogP contribution in [0.2, 0.25) is 0 Å². The maximum atomic E-state index is 14.0. The minimum absolute atomic E-state index is 0. The molecule has 2 aliphatic heterocycles. The number of carbonyl (C=O) groups excluding carboxylic acids is 2. The van der Waals surface area contributed by atoms with Gasteiger partial charge in [-0.1, -0.05) is 43.9 Å². The number of aliphatic hydroxyl groups excluding tert-OH is 1. The van der Waals surface area contributed by atoms with Crippen LogP contribution in [0.3, 0.4) is 0 Å². The first-order valence-electron chi connectivity index (χ1n) is 13.9. The van der Waals surface area contributed by atoms with E-state index in [1.165, 1.54) is 12.1 Å². The molecule has 12 nitrogen and oxygen atoms in total. The van der Waals surface area contributed by atoms with Gasteiger partial charge in [-0.05, 0) is 44.9 Å². The largest absolute Gasteiger partial charge is 1.00 e. The molecule has 42 heavy (non-hydrogen) atoms.